The van der Waals surface area contributed by atoms with Crippen LogP contribution >= 0.6 is 11.8 Å². The topological polar surface area (TPSA) is 70.5 Å². The first-order valence-electron chi connectivity index (χ1n) is 5.50. The van der Waals surface area contributed by atoms with Crippen molar-refractivity contribution in [2.45, 2.75) is 16.8 Å². The summed E-state index contributed by atoms with van der Waals surface area (Å²) in [5.74, 6) is 0.950. The van der Waals surface area contributed by atoms with Gasteiger partial charge in [0.25, 0.3) is 0 Å². The van der Waals surface area contributed by atoms with E-state index in [0.29, 0.717) is 0 Å². The average molecular weight is 290 g/mol. The highest BCUT2D eigenvalue weighted by Gasteiger charge is 2.17. The zero-order valence-corrected chi connectivity index (χ0v) is 12.3. The molecule has 102 valence electrons. The van der Waals surface area contributed by atoms with Crippen LogP contribution in [-0.4, -0.2) is 49.3 Å². The van der Waals surface area contributed by atoms with Gasteiger partial charge in [-0.15, -0.1) is 11.8 Å². The largest absolute Gasteiger partial charge is 0.396 e. The molecule has 1 heterocycles. The van der Waals surface area contributed by atoms with Crippen molar-refractivity contribution < 1.29 is 13.5 Å². The van der Waals surface area contributed by atoms with Crippen LogP contribution in [0.1, 0.15) is 6.92 Å². The lowest BCUT2D eigenvalue weighted by Crippen LogP contribution is -2.22. The predicted octanol–water partition coefficient (Wildman–Crippen LogP) is 1.05. The van der Waals surface area contributed by atoms with Crippen LogP contribution in [0.5, 0.6) is 0 Å². The molecule has 0 aliphatic carbocycles. The third kappa shape index (κ3) is 3.94. The smallest absolute Gasteiger partial charge is 0.244 e. The molecule has 0 aromatic carbocycles. The number of aromatic nitrogens is 1. The maximum absolute atomic E-state index is 11.8. The van der Waals surface area contributed by atoms with Crippen LogP contribution in [0.3, 0.4) is 0 Å². The molecule has 0 bridgehead atoms. The third-order valence-corrected chi connectivity index (χ3v) is 5.39. The SMILES string of the molecule is CC(CO)CSc1ccc(S(=O)(=O)N(C)C)cn1. The minimum Gasteiger partial charge on any atom is -0.396 e. The van der Waals surface area contributed by atoms with Crippen LogP contribution in [-0.2, 0) is 10.0 Å². The fourth-order valence-electron chi connectivity index (χ4n) is 1.10. The van der Waals surface area contributed by atoms with Gasteiger partial charge in [0.15, 0.2) is 0 Å². The molecule has 1 N–H and O–H groups in total. The molecule has 0 amide bonds. The second-order valence-corrected chi connectivity index (χ2v) is 7.41. The summed E-state index contributed by atoms with van der Waals surface area (Å²) in [6.45, 7) is 2.08. The standard InChI is InChI=1S/C11H18N2O3S2/c1-9(7-14)8-17-11-5-4-10(6-12-11)18(15,16)13(2)3/h4-6,9,14H,7-8H2,1-3H3. The van der Waals surface area contributed by atoms with E-state index >= 15 is 0 Å². The monoisotopic (exact) mass is 290 g/mol. The van der Waals surface area contributed by atoms with Gasteiger partial charge in [-0.1, -0.05) is 6.92 Å². The van der Waals surface area contributed by atoms with E-state index in [2.05, 4.69) is 4.98 Å². The van der Waals surface area contributed by atoms with Crippen molar-refractivity contribution in [3.63, 3.8) is 0 Å². The molecule has 0 aliphatic heterocycles. The van der Waals surface area contributed by atoms with Crippen molar-refractivity contribution in [2.24, 2.45) is 5.92 Å². The first kappa shape index (κ1) is 15.4. The molecule has 0 fully saturated rings. The maximum atomic E-state index is 11.8. The molecule has 0 radical (unpaired) electrons. The van der Waals surface area contributed by atoms with Crippen molar-refractivity contribution in [2.75, 3.05) is 26.5 Å². The number of aliphatic hydroxyl groups excluding tert-OH is 1. The fraction of sp³-hybridized carbons (Fsp3) is 0.545. The number of pyridine rings is 1. The van der Waals surface area contributed by atoms with E-state index in [-0.39, 0.29) is 17.4 Å². The van der Waals surface area contributed by atoms with Crippen LogP contribution in [0.2, 0.25) is 0 Å². The number of nitrogens with zero attached hydrogens (tertiary/aromatic N) is 2. The Balaban J connectivity index is 2.75. The van der Waals surface area contributed by atoms with Gasteiger partial charge < -0.3 is 5.11 Å². The summed E-state index contributed by atoms with van der Waals surface area (Å²) in [6.07, 6.45) is 1.36. The Kier molecular flexibility index (Phi) is 5.58. The molecule has 0 spiro atoms. The second kappa shape index (κ2) is 6.51. The first-order chi connectivity index (χ1) is 8.37. The zero-order chi connectivity index (χ0) is 13.8. The summed E-state index contributed by atoms with van der Waals surface area (Å²) in [5, 5.41) is 9.66. The molecule has 1 aromatic rings. The number of sulfonamides is 1. The molecule has 1 atom stereocenters. The van der Waals surface area contributed by atoms with E-state index < -0.39 is 10.0 Å². The molecule has 0 saturated carbocycles. The minimum atomic E-state index is -3.41. The number of thioether (sulfide) groups is 1. The molecule has 0 aliphatic rings. The highest BCUT2D eigenvalue weighted by molar-refractivity contribution is 7.99. The Bertz CT molecular complexity index is 472. The molecule has 5 nitrogen and oxygen atoms in total. The third-order valence-electron chi connectivity index (χ3n) is 2.32. The Hall–Kier alpha value is -0.630. The van der Waals surface area contributed by atoms with Crippen molar-refractivity contribution in [1.29, 1.82) is 0 Å². The molecule has 1 rings (SSSR count). The molecule has 1 aromatic heterocycles. The maximum Gasteiger partial charge on any atom is 0.244 e. The number of aliphatic hydroxyl groups is 1. The van der Waals surface area contributed by atoms with Crippen molar-refractivity contribution in [1.82, 2.24) is 9.29 Å². The van der Waals surface area contributed by atoms with Crippen molar-refractivity contribution >= 4 is 21.8 Å². The highest BCUT2D eigenvalue weighted by atomic mass is 32.2. The van der Waals surface area contributed by atoms with E-state index in [4.69, 9.17) is 5.11 Å². The Labute approximate surface area is 112 Å². The summed E-state index contributed by atoms with van der Waals surface area (Å²) in [7, 11) is -0.434. The normalized spacial score (nSPS) is 13.8. The summed E-state index contributed by atoms with van der Waals surface area (Å²) < 4.78 is 24.8. The van der Waals surface area contributed by atoms with E-state index in [1.54, 1.807) is 12.1 Å². The van der Waals surface area contributed by atoms with Gasteiger partial charge in [0.05, 0.1) is 5.03 Å². The molecule has 0 saturated heterocycles. The van der Waals surface area contributed by atoms with Gasteiger partial charge in [-0.2, -0.15) is 0 Å². The predicted molar refractivity (Wildman–Crippen MR) is 72.1 cm³/mol. The molecular formula is C11H18N2O3S2. The van der Waals surface area contributed by atoms with Gasteiger partial charge in [-0.05, 0) is 18.1 Å². The summed E-state index contributed by atoms with van der Waals surface area (Å²) in [4.78, 5) is 4.30. The van der Waals surface area contributed by atoms with Gasteiger partial charge in [0, 0.05) is 32.7 Å². The molecule has 18 heavy (non-hydrogen) atoms. The van der Waals surface area contributed by atoms with Crippen LogP contribution in [0.4, 0.5) is 0 Å². The lowest BCUT2D eigenvalue weighted by molar-refractivity contribution is 0.250. The average Bonchev–Trinajstić information content (AvgIpc) is 2.36. The fourth-order valence-corrected chi connectivity index (χ4v) is 2.80. The van der Waals surface area contributed by atoms with E-state index in [1.165, 1.54) is 32.1 Å². The van der Waals surface area contributed by atoms with Crippen LogP contribution in [0.15, 0.2) is 28.3 Å². The first-order valence-corrected chi connectivity index (χ1v) is 7.92. The second-order valence-electron chi connectivity index (χ2n) is 4.22. The number of rotatable bonds is 6. The Morgan fingerprint density at radius 1 is 1.44 bits per heavy atom. The molecule has 7 heteroatoms. The molecular weight excluding hydrogens is 272 g/mol. The van der Waals surface area contributed by atoms with Crippen molar-refractivity contribution in [3.8, 4) is 0 Å². The van der Waals surface area contributed by atoms with Crippen LogP contribution in [0.25, 0.3) is 0 Å². The quantitative estimate of drug-likeness (QED) is 0.793. The van der Waals surface area contributed by atoms with Crippen molar-refractivity contribution in [3.05, 3.63) is 18.3 Å². The Morgan fingerprint density at radius 2 is 2.11 bits per heavy atom. The molecule has 1 unspecified atom stereocenters. The number of hydrogen-bond donors (Lipinski definition) is 1. The van der Waals surface area contributed by atoms with E-state index in [9.17, 15) is 8.42 Å². The van der Waals surface area contributed by atoms with Gasteiger partial charge >= 0.3 is 0 Å². The van der Waals surface area contributed by atoms with Gasteiger partial charge in [0.1, 0.15) is 4.90 Å². The van der Waals surface area contributed by atoms with Crippen LogP contribution in [0, 0.1) is 5.92 Å². The number of hydrogen-bond acceptors (Lipinski definition) is 5. The van der Waals surface area contributed by atoms with E-state index in [0.717, 1.165) is 15.1 Å². The summed E-state index contributed by atoms with van der Waals surface area (Å²) in [5.41, 5.74) is 0. The Morgan fingerprint density at radius 3 is 2.56 bits per heavy atom. The highest BCUT2D eigenvalue weighted by Crippen LogP contribution is 2.20. The van der Waals surface area contributed by atoms with Gasteiger partial charge in [0.2, 0.25) is 10.0 Å². The van der Waals surface area contributed by atoms with E-state index in [1.807, 2.05) is 6.92 Å². The van der Waals surface area contributed by atoms with Gasteiger partial charge in [-0.25, -0.2) is 17.7 Å². The zero-order valence-electron chi connectivity index (χ0n) is 10.7. The lowest BCUT2D eigenvalue weighted by atomic mass is 10.2. The van der Waals surface area contributed by atoms with Gasteiger partial charge in [-0.3, -0.25) is 0 Å². The van der Waals surface area contributed by atoms with Crippen LogP contribution < -0.4 is 0 Å². The summed E-state index contributed by atoms with van der Waals surface area (Å²) in [6, 6.07) is 3.24. The lowest BCUT2D eigenvalue weighted by Gasteiger charge is -2.11. The minimum absolute atomic E-state index is 0.139. The summed E-state index contributed by atoms with van der Waals surface area (Å²) >= 11 is 1.50.